The van der Waals surface area contributed by atoms with Crippen LogP contribution in [0, 0.1) is 5.92 Å². The number of aromatic hydroxyl groups is 1. The van der Waals surface area contributed by atoms with Crippen molar-refractivity contribution in [2.24, 2.45) is 5.92 Å². The third-order valence-electron chi connectivity index (χ3n) is 3.02. The van der Waals surface area contributed by atoms with Gasteiger partial charge in [0.15, 0.2) is 0 Å². The van der Waals surface area contributed by atoms with Gasteiger partial charge in [0, 0.05) is 30.6 Å². The first kappa shape index (κ1) is 12.2. The van der Waals surface area contributed by atoms with Crippen molar-refractivity contribution in [2.45, 2.75) is 6.42 Å². The van der Waals surface area contributed by atoms with Crippen LogP contribution in [-0.4, -0.2) is 40.7 Å². The topological polar surface area (TPSA) is 60.8 Å². The molecule has 1 fully saturated rings. The van der Waals surface area contributed by atoms with Crippen molar-refractivity contribution in [3.8, 4) is 5.75 Å². The number of amides is 1. The number of carbonyl (C=O) groups excluding carboxylic acids is 1. The maximum atomic E-state index is 12.1. The lowest BCUT2D eigenvalue weighted by molar-refractivity contribution is 0.0779. The van der Waals surface area contributed by atoms with Gasteiger partial charge in [-0.25, -0.2) is 0 Å². The number of benzene rings is 1. The zero-order chi connectivity index (χ0) is 12.4. The first-order valence-electron chi connectivity index (χ1n) is 5.50. The molecule has 2 rings (SSSR count). The Balaban J connectivity index is 2.17. The van der Waals surface area contributed by atoms with Crippen LogP contribution in [0.15, 0.2) is 18.2 Å². The van der Waals surface area contributed by atoms with Gasteiger partial charge in [0.1, 0.15) is 5.75 Å². The number of likely N-dealkylation sites (tertiary alicyclic amines) is 1. The second kappa shape index (κ2) is 4.94. The lowest BCUT2D eigenvalue weighted by atomic mass is 10.1. The molecule has 1 unspecified atom stereocenters. The van der Waals surface area contributed by atoms with Gasteiger partial charge in [0.05, 0.1) is 5.56 Å². The van der Waals surface area contributed by atoms with E-state index in [0.29, 0.717) is 18.1 Å². The SMILES string of the molecule is O=C(c1cc(Cl)ccc1O)N1CCC(CO)C1. The molecule has 1 aliphatic rings. The van der Waals surface area contributed by atoms with Crippen molar-refractivity contribution < 1.29 is 15.0 Å². The van der Waals surface area contributed by atoms with E-state index in [1.165, 1.54) is 18.2 Å². The molecule has 0 saturated carbocycles. The van der Waals surface area contributed by atoms with Crippen molar-refractivity contribution >= 4 is 17.5 Å². The summed E-state index contributed by atoms with van der Waals surface area (Å²) in [5, 5.41) is 19.1. The van der Waals surface area contributed by atoms with Crippen LogP contribution in [0.3, 0.4) is 0 Å². The number of carbonyl (C=O) groups is 1. The number of hydrogen-bond donors (Lipinski definition) is 2. The summed E-state index contributed by atoms with van der Waals surface area (Å²) in [6, 6.07) is 4.41. The Morgan fingerprint density at radius 1 is 1.53 bits per heavy atom. The van der Waals surface area contributed by atoms with E-state index in [9.17, 15) is 9.90 Å². The predicted octanol–water partition coefficient (Wildman–Crippen LogP) is 1.50. The van der Waals surface area contributed by atoms with E-state index in [4.69, 9.17) is 16.7 Å². The van der Waals surface area contributed by atoms with Gasteiger partial charge in [-0.15, -0.1) is 0 Å². The van der Waals surface area contributed by atoms with E-state index < -0.39 is 0 Å². The van der Waals surface area contributed by atoms with Gasteiger partial charge in [0.2, 0.25) is 0 Å². The zero-order valence-electron chi connectivity index (χ0n) is 9.27. The molecule has 1 atom stereocenters. The molecule has 4 nitrogen and oxygen atoms in total. The third-order valence-corrected chi connectivity index (χ3v) is 3.26. The molecule has 17 heavy (non-hydrogen) atoms. The minimum Gasteiger partial charge on any atom is -0.507 e. The number of rotatable bonds is 2. The smallest absolute Gasteiger partial charge is 0.257 e. The van der Waals surface area contributed by atoms with E-state index in [2.05, 4.69) is 0 Å². The largest absolute Gasteiger partial charge is 0.507 e. The van der Waals surface area contributed by atoms with Crippen molar-refractivity contribution in [1.82, 2.24) is 4.90 Å². The standard InChI is InChI=1S/C12H14ClNO3/c13-9-1-2-11(16)10(5-9)12(17)14-4-3-8(6-14)7-15/h1-2,5,8,15-16H,3-4,6-7H2. The molecule has 1 heterocycles. The molecule has 5 heteroatoms. The predicted molar refractivity (Wildman–Crippen MR) is 64.2 cm³/mol. The van der Waals surface area contributed by atoms with Crippen molar-refractivity contribution in [3.05, 3.63) is 28.8 Å². The van der Waals surface area contributed by atoms with Gasteiger partial charge in [-0.2, -0.15) is 0 Å². The average Bonchev–Trinajstić information content (AvgIpc) is 2.80. The molecule has 1 aromatic rings. The zero-order valence-corrected chi connectivity index (χ0v) is 10.0. The van der Waals surface area contributed by atoms with Gasteiger partial charge >= 0.3 is 0 Å². The van der Waals surface area contributed by atoms with Gasteiger partial charge in [-0.1, -0.05) is 11.6 Å². The highest BCUT2D eigenvalue weighted by Gasteiger charge is 2.27. The van der Waals surface area contributed by atoms with E-state index in [-0.39, 0.29) is 29.7 Å². The molecule has 1 aromatic carbocycles. The molecule has 1 amide bonds. The van der Waals surface area contributed by atoms with Crippen molar-refractivity contribution in [1.29, 1.82) is 0 Å². The lowest BCUT2D eigenvalue weighted by Gasteiger charge is -2.17. The molecule has 1 saturated heterocycles. The highest BCUT2D eigenvalue weighted by Crippen LogP contribution is 2.25. The second-order valence-corrected chi connectivity index (χ2v) is 4.69. The molecule has 2 N–H and O–H groups in total. The van der Waals surface area contributed by atoms with Crippen LogP contribution in [-0.2, 0) is 0 Å². The summed E-state index contributed by atoms with van der Waals surface area (Å²) in [6.45, 7) is 1.22. The molecule has 0 bridgehead atoms. The van der Waals surface area contributed by atoms with Gasteiger partial charge in [-0.05, 0) is 24.6 Å². The lowest BCUT2D eigenvalue weighted by Crippen LogP contribution is -2.29. The first-order valence-corrected chi connectivity index (χ1v) is 5.88. The van der Waals surface area contributed by atoms with Gasteiger partial charge in [0.25, 0.3) is 5.91 Å². The Morgan fingerprint density at radius 2 is 2.29 bits per heavy atom. The quantitative estimate of drug-likeness (QED) is 0.842. The summed E-state index contributed by atoms with van der Waals surface area (Å²) < 4.78 is 0. The fourth-order valence-corrected chi connectivity index (χ4v) is 2.19. The van der Waals surface area contributed by atoms with Crippen LogP contribution >= 0.6 is 11.6 Å². The van der Waals surface area contributed by atoms with Gasteiger partial charge < -0.3 is 15.1 Å². The van der Waals surface area contributed by atoms with Crippen LogP contribution in [0.4, 0.5) is 0 Å². The molecule has 0 spiro atoms. The normalized spacial score (nSPS) is 19.6. The number of halogens is 1. The van der Waals surface area contributed by atoms with E-state index in [0.717, 1.165) is 6.42 Å². The monoisotopic (exact) mass is 255 g/mol. The number of aliphatic hydroxyl groups excluding tert-OH is 1. The maximum Gasteiger partial charge on any atom is 0.257 e. The Kier molecular flexibility index (Phi) is 3.54. The highest BCUT2D eigenvalue weighted by atomic mass is 35.5. The summed E-state index contributed by atoms with van der Waals surface area (Å²) in [6.07, 6.45) is 0.795. The van der Waals surface area contributed by atoms with Crippen LogP contribution in [0.25, 0.3) is 0 Å². The van der Waals surface area contributed by atoms with Crippen molar-refractivity contribution in [2.75, 3.05) is 19.7 Å². The Hall–Kier alpha value is -1.26. The number of phenolic OH excluding ortho intramolecular Hbond substituents is 1. The summed E-state index contributed by atoms with van der Waals surface area (Å²) >= 11 is 5.80. The Morgan fingerprint density at radius 3 is 2.94 bits per heavy atom. The van der Waals surface area contributed by atoms with Gasteiger partial charge in [-0.3, -0.25) is 4.79 Å². The summed E-state index contributed by atoms with van der Waals surface area (Å²) in [7, 11) is 0. The van der Waals surface area contributed by atoms with Crippen LogP contribution in [0.1, 0.15) is 16.8 Å². The van der Waals surface area contributed by atoms with E-state index in [1.54, 1.807) is 4.90 Å². The first-order chi connectivity index (χ1) is 8.11. The Bertz CT molecular complexity index is 436. The Labute approximate surface area is 104 Å². The molecule has 0 aromatic heterocycles. The average molecular weight is 256 g/mol. The van der Waals surface area contributed by atoms with E-state index >= 15 is 0 Å². The fourth-order valence-electron chi connectivity index (χ4n) is 2.02. The van der Waals surface area contributed by atoms with Crippen molar-refractivity contribution in [3.63, 3.8) is 0 Å². The van der Waals surface area contributed by atoms with Crippen LogP contribution in [0.2, 0.25) is 5.02 Å². The molecule has 0 radical (unpaired) electrons. The third kappa shape index (κ3) is 2.53. The highest BCUT2D eigenvalue weighted by molar-refractivity contribution is 6.31. The summed E-state index contributed by atoms with van der Waals surface area (Å²) in [4.78, 5) is 13.7. The molecular formula is C12H14ClNO3. The molecular weight excluding hydrogens is 242 g/mol. The van der Waals surface area contributed by atoms with E-state index in [1.807, 2.05) is 0 Å². The van der Waals surface area contributed by atoms with Crippen LogP contribution < -0.4 is 0 Å². The molecule has 0 aliphatic carbocycles. The minimum absolute atomic E-state index is 0.0631. The number of nitrogens with zero attached hydrogens (tertiary/aromatic N) is 1. The summed E-state index contributed by atoms with van der Waals surface area (Å²) in [5.41, 5.74) is 0.219. The number of hydrogen-bond acceptors (Lipinski definition) is 3. The fraction of sp³-hybridized carbons (Fsp3) is 0.417. The summed E-state index contributed by atoms with van der Waals surface area (Å²) in [5.74, 6) is -0.159. The number of aliphatic hydroxyl groups is 1. The van der Waals surface area contributed by atoms with Crippen LogP contribution in [0.5, 0.6) is 5.75 Å². The molecule has 92 valence electrons. The maximum absolute atomic E-state index is 12.1. The molecule has 1 aliphatic heterocycles. The number of phenols is 1. The second-order valence-electron chi connectivity index (χ2n) is 4.25. The minimum atomic E-state index is -0.235.